The monoisotopic (exact) mass is 297 g/mol. The van der Waals surface area contributed by atoms with Crippen LogP contribution in [-0.4, -0.2) is 40.2 Å². The Morgan fingerprint density at radius 2 is 2.30 bits per heavy atom. The topological polar surface area (TPSA) is 117 Å². The minimum absolute atomic E-state index is 0.166. The average Bonchev–Trinajstić information content (AvgIpc) is 2.42. The lowest BCUT2D eigenvalue weighted by atomic mass is 10.1. The van der Waals surface area contributed by atoms with E-state index in [1.165, 1.54) is 19.2 Å². The van der Waals surface area contributed by atoms with Crippen molar-refractivity contribution in [1.29, 1.82) is 0 Å². The van der Waals surface area contributed by atoms with Crippen LogP contribution in [0.25, 0.3) is 0 Å². The molecule has 0 radical (unpaired) electrons. The third kappa shape index (κ3) is 2.56. The number of aromatic nitrogens is 1. The molecule has 1 atom stereocenters. The lowest BCUT2D eigenvalue weighted by Gasteiger charge is -2.31. The number of pyridine rings is 1. The summed E-state index contributed by atoms with van der Waals surface area (Å²) in [7, 11) is 0. The molecule has 20 heavy (non-hydrogen) atoms. The van der Waals surface area contributed by atoms with Crippen molar-refractivity contribution in [3.63, 3.8) is 0 Å². The molecule has 0 saturated carbocycles. The Hall–Kier alpha value is -2.19. The van der Waals surface area contributed by atoms with Gasteiger partial charge in [0.15, 0.2) is 5.82 Å². The van der Waals surface area contributed by atoms with Gasteiger partial charge in [0.2, 0.25) is 11.8 Å². The molecule has 1 aliphatic rings. The van der Waals surface area contributed by atoms with Gasteiger partial charge in [-0.2, -0.15) is 0 Å². The molecule has 0 spiro atoms. The number of hydrazine groups is 1. The van der Waals surface area contributed by atoms with E-state index >= 15 is 0 Å². The molecule has 3 amide bonds. The molecular formula is C11H12ClN5O3. The quantitative estimate of drug-likeness (QED) is 0.385. The SMILES string of the molecule is CC1C(=O)NC(=O)CN1C(=O)c1cnc(NN)c(Cl)c1. The highest BCUT2D eigenvalue weighted by atomic mass is 35.5. The summed E-state index contributed by atoms with van der Waals surface area (Å²) in [5.41, 5.74) is 2.45. The number of piperazine rings is 1. The van der Waals surface area contributed by atoms with Crippen molar-refractivity contribution in [3.8, 4) is 0 Å². The lowest BCUT2D eigenvalue weighted by Crippen LogP contribution is -2.58. The van der Waals surface area contributed by atoms with E-state index in [0.29, 0.717) is 0 Å². The zero-order valence-electron chi connectivity index (χ0n) is 10.5. The van der Waals surface area contributed by atoms with Crippen LogP contribution in [-0.2, 0) is 9.59 Å². The molecule has 0 aliphatic carbocycles. The number of rotatable bonds is 2. The summed E-state index contributed by atoms with van der Waals surface area (Å²) in [6, 6.07) is 0.627. The first-order valence-corrected chi connectivity index (χ1v) is 6.08. The molecule has 8 nitrogen and oxygen atoms in total. The van der Waals surface area contributed by atoms with Gasteiger partial charge in [-0.1, -0.05) is 11.6 Å². The third-order valence-electron chi connectivity index (χ3n) is 2.91. The summed E-state index contributed by atoms with van der Waals surface area (Å²) in [4.78, 5) is 40.2. The van der Waals surface area contributed by atoms with Crippen LogP contribution in [0.5, 0.6) is 0 Å². The van der Waals surface area contributed by atoms with E-state index in [1.54, 1.807) is 0 Å². The van der Waals surface area contributed by atoms with Crippen LogP contribution in [0.4, 0.5) is 5.82 Å². The highest BCUT2D eigenvalue weighted by Gasteiger charge is 2.34. The molecule has 2 heterocycles. The maximum absolute atomic E-state index is 12.3. The van der Waals surface area contributed by atoms with Gasteiger partial charge in [-0.05, 0) is 13.0 Å². The van der Waals surface area contributed by atoms with Crippen molar-refractivity contribution >= 4 is 35.1 Å². The van der Waals surface area contributed by atoms with Crippen LogP contribution in [0, 0.1) is 0 Å². The normalized spacial score (nSPS) is 18.8. The molecule has 1 aromatic heterocycles. The number of anilines is 1. The molecule has 106 valence electrons. The number of nitrogens with one attached hydrogen (secondary N) is 2. The highest BCUT2D eigenvalue weighted by Crippen LogP contribution is 2.20. The Balaban J connectivity index is 2.28. The minimum Gasteiger partial charge on any atom is -0.318 e. The summed E-state index contributed by atoms with van der Waals surface area (Å²) in [6.07, 6.45) is 1.27. The van der Waals surface area contributed by atoms with Crippen molar-refractivity contribution < 1.29 is 14.4 Å². The van der Waals surface area contributed by atoms with E-state index in [4.69, 9.17) is 17.4 Å². The van der Waals surface area contributed by atoms with E-state index in [9.17, 15) is 14.4 Å². The fraction of sp³-hybridized carbons (Fsp3) is 0.273. The van der Waals surface area contributed by atoms with Gasteiger partial charge in [0.1, 0.15) is 12.6 Å². The summed E-state index contributed by atoms with van der Waals surface area (Å²) >= 11 is 5.88. The first kappa shape index (κ1) is 14.2. The predicted octanol–water partition coefficient (Wildman–Crippen LogP) is -0.492. The fourth-order valence-electron chi connectivity index (χ4n) is 1.79. The Morgan fingerprint density at radius 1 is 1.60 bits per heavy atom. The Kier molecular flexibility index (Phi) is 3.86. The van der Waals surface area contributed by atoms with Gasteiger partial charge in [0.25, 0.3) is 5.91 Å². The second-order valence-electron chi connectivity index (χ2n) is 4.22. The number of carbonyl (C=O) groups is 3. The number of nitrogens with zero attached hydrogens (tertiary/aromatic N) is 2. The summed E-state index contributed by atoms with van der Waals surface area (Å²) in [5.74, 6) is 3.87. The number of imide groups is 1. The lowest BCUT2D eigenvalue weighted by molar-refractivity contribution is -0.138. The summed E-state index contributed by atoms with van der Waals surface area (Å²) < 4.78 is 0. The Morgan fingerprint density at radius 3 is 2.90 bits per heavy atom. The smallest absolute Gasteiger partial charge is 0.256 e. The molecule has 1 unspecified atom stereocenters. The van der Waals surface area contributed by atoms with Gasteiger partial charge in [-0.3, -0.25) is 19.7 Å². The number of hydrogen-bond donors (Lipinski definition) is 3. The van der Waals surface area contributed by atoms with E-state index in [2.05, 4.69) is 15.7 Å². The number of nitrogen functional groups attached to an aromatic ring is 1. The second kappa shape index (κ2) is 5.43. The van der Waals surface area contributed by atoms with Gasteiger partial charge in [0.05, 0.1) is 10.6 Å². The van der Waals surface area contributed by atoms with Crippen LogP contribution in [0.2, 0.25) is 5.02 Å². The van der Waals surface area contributed by atoms with Crippen LogP contribution < -0.4 is 16.6 Å². The molecular weight excluding hydrogens is 286 g/mol. The molecule has 9 heteroatoms. The standard InChI is InChI=1S/C11H12ClN5O3/c1-5-10(19)15-8(18)4-17(5)11(20)6-2-7(12)9(16-13)14-3-6/h2-3,5H,4,13H2,1H3,(H,14,16)(H,15,18,19). The zero-order chi connectivity index (χ0) is 14.9. The number of hydrogen-bond acceptors (Lipinski definition) is 6. The number of carbonyl (C=O) groups excluding carboxylic acids is 3. The van der Waals surface area contributed by atoms with E-state index in [1.807, 2.05) is 0 Å². The van der Waals surface area contributed by atoms with Crippen molar-refractivity contribution in [2.75, 3.05) is 12.0 Å². The van der Waals surface area contributed by atoms with Gasteiger partial charge >= 0.3 is 0 Å². The first-order chi connectivity index (χ1) is 9.43. The molecule has 0 bridgehead atoms. The van der Waals surface area contributed by atoms with Crippen LogP contribution in [0.15, 0.2) is 12.3 Å². The van der Waals surface area contributed by atoms with E-state index in [-0.39, 0.29) is 22.9 Å². The second-order valence-corrected chi connectivity index (χ2v) is 4.63. The highest BCUT2D eigenvalue weighted by molar-refractivity contribution is 6.33. The summed E-state index contributed by atoms with van der Waals surface area (Å²) in [6.45, 7) is 1.34. The van der Waals surface area contributed by atoms with Gasteiger partial charge in [-0.15, -0.1) is 0 Å². The van der Waals surface area contributed by atoms with Gasteiger partial charge in [0, 0.05) is 6.20 Å². The van der Waals surface area contributed by atoms with Crippen molar-refractivity contribution in [2.24, 2.45) is 5.84 Å². The van der Waals surface area contributed by atoms with Crippen molar-refractivity contribution in [3.05, 3.63) is 22.8 Å². The maximum Gasteiger partial charge on any atom is 0.256 e. The largest absolute Gasteiger partial charge is 0.318 e. The first-order valence-electron chi connectivity index (χ1n) is 5.71. The number of nitrogens with two attached hydrogens (primary N) is 1. The van der Waals surface area contributed by atoms with Gasteiger partial charge in [-0.25, -0.2) is 10.8 Å². The molecule has 1 aromatic rings. The molecule has 2 rings (SSSR count). The van der Waals surface area contributed by atoms with Gasteiger partial charge < -0.3 is 10.3 Å². The van der Waals surface area contributed by atoms with E-state index in [0.717, 1.165) is 4.90 Å². The van der Waals surface area contributed by atoms with Crippen molar-refractivity contribution in [2.45, 2.75) is 13.0 Å². The Bertz CT molecular complexity index is 591. The molecule has 1 fully saturated rings. The molecule has 1 saturated heterocycles. The zero-order valence-corrected chi connectivity index (χ0v) is 11.3. The van der Waals surface area contributed by atoms with Crippen LogP contribution >= 0.6 is 11.6 Å². The predicted molar refractivity (Wildman–Crippen MR) is 70.7 cm³/mol. The third-order valence-corrected chi connectivity index (χ3v) is 3.20. The van der Waals surface area contributed by atoms with Crippen LogP contribution in [0.1, 0.15) is 17.3 Å². The average molecular weight is 298 g/mol. The Labute approximate surface area is 119 Å². The van der Waals surface area contributed by atoms with E-state index < -0.39 is 23.8 Å². The number of amides is 3. The molecule has 0 aromatic carbocycles. The van der Waals surface area contributed by atoms with Crippen molar-refractivity contribution in [1.82, 2.24) is 15.2 Å². The maximum atomic E-state index is 12.3. The minimum atomic E-state index is -0.744. The summed E-state index contributed by atoms with van der Waals surface area (Å²) in [5, 5.41) is 2.32. The molecule has 4 N–H and O–H groups in total. The van der Waals surface area contributed by atoms with Crippen LogP contribution in [0.3, 0.4) is 0 Å². The molecule has 1 aliphatic heterocycles. The fourth-order valence-corrected chi connectivity index (χ4v) is 2.01. The number of halogens is 1.